The first-order chi connectivity index (χ1) is 16.5. The van der Waals surface area contributed by atoms with Crippen molar-refractivity contribution in [3.05, 3.63) is 92.9 Å². The molecule has 0 radical (unpaired) electrons. The molecule has 3 rings (SSSR count). The van der Waals surface area contributed by atoms with Gasteiger partial charge in [-0.05, 0) is 56.7 Å². The van der Waals surface area contributed by atoms with Crippen LogP contribution in [0.1, 0.15) is 50.3 Å². The van der Waals surface area contributed by atoms with Crippen molar-refractivity contribution in [2.75, 3.05) is 6.61 Å². The zero-order chi connectivity index (χ0) is 25.5. The number of nitrogens with zero attached hydrogens (tertiary/aromatic N) is 2. The van der Waals surface area contributed by atoms with Crippen molar-refractivity contribution < 1.29 is 12.6 Å². The average Bonchev–Trinajstić information content (AvgIpc) is 2.80. The van der Waals surface area contributed by atoms with Gasteiger partial charge in [0.25, 0.3) is 15.7 Å². The van der Waals surface area contributed by atoms with E-state index in [1.165, 1.54) is 22.0 Å². The SMILES string of the molecule is CC(C)(C)n1ncc(SCc2ccc(CCCCOS(=O)(=O)Cc3ccccc3)cc2)c(Cl)c1=O. The minimum absolute atomic E-state index is 0.107. The Morgan fingerprint density at radius 1 is 0.971 bits per heavy atom. The van der Waals surface area contributed by atoms with E-state index in [2.05, 4.69) is 29.4 Å². The molecule has 0 saturated carbocycles. The molecule has 9 heteroatoms. The molecule has 3 aromatic rings. The molecule has 0 amide bonds. The largest absolute Gasteiger partial charge is 0.287 e. The van der Waals surface area contributed by atoms with E-state index < -0.39 is 15.7 Å². The Labute approximate surface area is 216 Å². The first-order valence-corrected chi connectivity index (χ1v) is 14.4. The molecule has 1 aromatic heterocycles. The normalized spacial score (nSPS) is 12.1. The van der Waals surface area contributed by atoms with Gasteiger partial charge in [0.1, 0.15) is 10.8 Å². The summed E-state index contributed by atoms with van der Waals surface area (Å²) in [4.78, 5) is 13.2. The molecule has 0 aliphatic carbocycles. The van der Waals surface area contributed by atoms with Crippen LogP contribution in [0, 0.1) is 0 Å². The molecule has 2 aromatic carbocycles. The minimum Gasteiger partial charge on any atom is -0.270 e. The van der Waals surface area contributed by atoms with Gasteiger partial charge in [-0.2, -0.15) is 13.5 Å². The first-order valence-electron chi connectivity index (χ1n) is 11.5. The molecule has 35 heavy (non-hydrogen) atoms. The molecule has 0 aliphatic rings. The van der Waals surface area contributed by atoms with Crippen molar-refractivity contribution in [3.63, 3.8) is 0 Å². The topological polar surface area (TPSA) is 78.3 Å². The summed E-state index contributed by atoms with van der Waals surface area (Å²) in [6.45, 7) is 5.92. The molecule has 0 unspecified atom stereocenters. The van der Waals surface area contributed by atoms with Gasteiger partial charge in [0, 0.05) is 5.75 Å². The maximum atomic E-state index is 12.5. The second-order valence-corrected chi connectivity index (χ2v) is 12.3. The van der Waals surface area contributed by atoms with Gasteiger partial charge in [0.05, 0.1) is 23.2 Å². The smallest absolute Gasteiger partial charge is 0.270 e. The number of benzene rings is 2. The highest BCUT2D eigenvalue weighted by atomic mass is 35.5. The summed E-state index contributed by atoms with van der Waals surface area (Å²) < 4.78 is 30.7. The van der Waals surface area contributed by atoms with Gasteiger partial charge in [-0.3, -0.25) is 8.98 Å². The number of halogens is 1. The third-order valence-corrected chi connectivity index (χ3v) is 8.04. The lowest BCUT2D eigenvalue weighted by Gasteiger charge is -2.21. The predicted molar refractivity (Wildman–Crippen MR) is 142 cm³/mol. The van der Waals surface area contributed by atoms with E-state index in [1.807, 2.05) is 39.0 Å². The van der Waals surface area contributed by atoms with Crippen LogP contribution < -0.4 is 5.56 Å². The fraction of sp³-hybridized carbons (Fsp3) is 0.385. The standard InChI is InChI=1S/C26H31ClN2O4S2/c1-26(2,3)29-25(30)24(27)23(17-28-29)34-18-21-14-12-20(13-15-21)9-7-8-16-33-35(31,32)19-22-10-5-4-6-11-22/h4-6,10-15,17H,7-9,16,18-19H2,1-3H3. The van der Waals surface area contributed by atoms with E-state index in [9.17, 15) is 13.2 Å². The van der Waals surface area contributed by atoms with E-state index >= 15 is 0 Å². The van der Waals surface area contributed by atoms with Gasteiger partial charge < -0.3 is 0 Å². The Balaban J connectivity index is 1.42. The Morgan fingerprint density at radius 3 is 2.29 bits per heavy atom. The van der Waals surface area contributed by atoms with E-state index in [4.69, 9.17) is 15.8 Å². The molecular formula is C26H31ClN2O4S2. The molecule has 0 spiro atoms. The van der Waals surface area contributed by atoms with Crippen LogP contribution in [0.5, 0.6) is 0 Å². The summed E-state index contributed by atoms with van der Waals surface area (Å²) in [5, 5.41) is 4.47. The number of hydrogen-bond acceptors (Lipinski definition) is 6. The quantitative estimate of drug-likeness (QED) is 0.175. The zero-order valence-electron chi connectivity index (χ0n) is 20.2. The van der Waals surface area contributed by atoms with E-state index in [0.29, 0.717) is 17.1 Å². The van der Waals surface area contributed by atoms with Crippen LogP contribution in [0.15, 0.2) is 70.5 Å². The van der Waals surface area contributed by atoms with Crippen molar-refractivity contribution in [2.45, 2.75) is 62.0 Å². The van der Waals surface area contributed by atoms with Crippen molar-refractivity contribution in [1.82, 2.24) is 9.78 Å². The van der Waals surface area contributed by atoms with Crippen LogP contribution in [0.25, 0.3) is 0 Å². The van der Waals surface area contributed by atoms with E-state index in [-0.39, 0.29) is 22.9 Å². The third kappa shape index (κ3) is 8.49. The molecule has 0 fully saturated rings. The van der Waals surface area contributed by atoms with Gasteiger partial charge in [0.2, 0.25) is 0 Å². The Morgan fingerprint density at radius 2 is 1.63 bits per heavy atom. The van der Waals surface area contributed by atoms with Crippen molar-refractivity contribution in [2.24, 2.45) is 0 Å². The highest BCUT2D eigenvalue weighted by molar-refractivity contribution is 7.98. The molecule has 1 heterocycles. The number of rotatable bonds is 11. The van der Waals surface area contributed by atoms with Crippen LogP contribution in [-0.4, -0.2) is 24.8 Å². The van der Waals surface area contributed by atoms with E-state index in [1.54, 1.807) is 18.3 Å². The van der Waals surface area contributed by atoms with Crippen LogP contribution in [-0.2, 0) is 37.8 Å². The molecule has 0 N–H and O–H groups in total. The van der Waals surface area contributed by atoms with Gasteiger partial charge in [0.15, 0.2) is 0 Å². The fourth-order valence-electron chi connectivity index (χ4n) is 3.40. The molecule has 6 nitrogen and oxygen atoms in total. The van der Waals surface area contributed by atoms with Gasteiger partial charge in [-0.1, -0.05) is 66.2 Å². The summed E-state index contributed by atoms with van der Waals surface area (Å²) in [6, 6.07) is 17.3. The van der Waals surface area contributed by atoms with Crippen LogP contribution in [0.2, 0.25) is 5.02 Å². The predicted octanol–water partition coefficient (Wildman–Crippen LogP) is 5.81. The number of thioether (sulfide) groups is 1. The summed E-state index contributed by atoms with van der Waals surface area (Å²) in [7, 11) is -3.57. The monoisotopic (exact) mass is 534 g/mol. The number of aromatic nitrogens is 2. The summed E-state index contributed by atoms with van der Waals surface area (Å²) in [5.74, 6) is 0.568. The van der Waals surface area contributed by atoms with Crippen molar-refractivity contribution >= 4 is 33.5 Å². The van der Waals surface area contributed by atoms with Gasteiger partial charge >= 0.3 is 0 Å². The van der Waals surface area contributed by atoms with Crippen molar-refractivity contribution in [3.8, 4) is 0 Å². The lowest BCUT2D eigenvalue weighted by Crippen LogP contribution is -2.36. The zero-order valence-corrected chi connectivity index (χ0v) is 22.6. The van der Waals surface area contributed by atoms with Crippen LogP contribution in [0.4, 0.5) is 0 Å². The average molecular weight is 535 g/mol. The molecule has 0 saturated heterocycles. The fourth-order valence-corrected chi connectivity index (χ4v) is 5.60. The van der Waals surface area contributed by atoms with Crippen LogP contribution in [0.3, 0.4) is 0 Å². The molecule has 0 atom stereocenters. The van der Waals surface area contributed by atoms with Gasteiger partial charge in [-0.15, -0.1) is 11.8 Å². The number of unbranched alkanes of at least 4 members (excludes halogenated alkanes) is 1. The summed E-state index contributed by atoms with van der Waals surface area (Å²) in [5.41, 5.74) is 2.31. The number of hydrogen-bond donors (Lipinski definition) is 0. The highest BCUT2D eigenvalue weighted by Gasteiger charge is 2.19. The van der Waals surface area contributed by atoms with E-state index in [0.717, 1.165) is 24.0 Å². The van der Waals surface area contributed by atoms with Crippen LogP contribution >= 0.6 is 23.4 Å². The number of aryl methyl sites for hydroxylation is 1. The molecular weight excluding hydrogens is 504 g/mol. The second-order valence-electron chi connectivity index (χ2n) is 9.28. The lowest BCUT2D eigenvalue weighted by molar-refractivity contribution is 0.308. The third-order valence-electron chi connectivity index (χ3n) is 5.25. The Hall–Kier alpha value is -2.13. The highest BCUT2D eigenvalue weighted by Crippen LogP contribution is 2.27. The minimum atomic E-state index is -3.57. The lowest BCUT2D eigenvalue weighted by atomic mass is 10.1. The van der Waals surface area contributed by atoms with Gasteiger partial charge in [-0.25, -0.2) is 4.68 Å². The maximum Gasteiger partial charge on any atom is 0.287 e. The summed E-state index contributed by atoms with van der Waals surface area (Å²) in [6.07, 6.45) is 3.99. The first kappa shape index (κ1) is 27.5. The molecule has 188 valence electrons. The second kappa shape index (κ2) is 12.2. The Bertz CT molecular complexity index is 1270. The summed E-state index contributed by atoms with van der Waals surface area (Å²) >= 11 is 7.79. The van der Waals surface area contributed by atoms with Crippen molar-refractivity contribution in [1.29, 1.82) is 0 Å². The Kier molecular flexibility index (Phi) is 9.58. The molecule has 0 bridgehead atoms. The molecule has 0 aliphatic heterocycles. The maximum absolute atomic E-state index is 12.5.